The molecule has 1 nitrogen and oxygen atoms in total. The van der Waals surface area contributed by atoms with Crippen LogP contribution in [0.4, 0.5) is 4.39 Å². The van der Waals surface area contributed by atoms with Gasteiger partial charge in [0.05, 0.1) is 0 Å². The van der Waals surface area contributed by atoms with Crippen LogP contribution in [-0.4, -0.2) is 29.7 Å². The van der Waals surface area contributed by atoms with Gasteiger partial charge < -0.3 is 0 Å². The van der Waals surface area contributed by atoms with E-state index in [1.807, 2.05) is 0 Å². The van der Waals surface area contributed by atoms with E-state index < -0.39 is 6.17 Å². The molecule has 0 bridgehead atoms. The number of piperidine rings is 1. The molecule has 0 N–H and O–H groups in total. The minimum absolute atomic E-state index is 0.179. The maximum absolute atomic E-state index is 13.2. The first kappa shape index (κ1) is 9.97. The van der Waals surface area contributed by atoms with E-state index >= 15 is 0 Å². The fourth-order valence-electron chi connectivity index (χ4n) is 2.11. The first-order valence-electron chi connectivity index (χ1n) is 5.02. The average Bonchev–Trinajstić information content (AvgIpc) is 2.04. The van der Waals surface area contributed by atoms with Crippen LogP contribution in [0.5, 0.6) is 0 Å². The van der Waals surface area contributed by atoms with Gasteiger partial charge >= 0.3 is 0 Å². The first-order valence-corrected chi connectivity index (χ1v) is 5.02. The SMILES string of the molecule is CC(F)[C@@H]1CCCCN1C(C)C. The van der Waals surface area contributed by atoms with E-state index in [1.165, 1.54) is 12.8 Å². The molecule has 1 fully saturated rings. The summed E-state index contributed by atoms with van der Waals surface area (Å²) >= 11 is 0. The molecule has 0 saturated carbocycles. The third kappa shape index (κ3) is 2.19. The second kappa shape index (κ2) is 4.22. The summed E-state index contributed by atoms with van der Waals surface area (Å²) in [6.07, 6.45) is 2.80. The highest BCUT2D eigenvalue weighted by Gasteiger charge is 2.28. The maximum atomic E-state index is 13.2. The molecule has 1 saturated heterocycles. The van der Waals surface area contributed by atoms with Crippen molar-refractivity contribution in [2.45, 2.75) is 58.3 Å². The molecule has 0 radical (unpaired) electrons. The first-order chi connectivity index (χ1) is 5.63. The van der Waals surface area contributed by atoms with E-state index in [0.717, 1.165) is 13.0 Å². The van der Waals surface area contributed by atoms with Crippen molar-refractivity contribution >= 4 is 0 Å². The van der Waals surface area contributed by atoms with Crippen molar-refractivity contribution in [2.24, 2.45) is 0 Å². The summed E-state index contributed by atoms with van der Waals surface area (Å²) in [6.45, 7) is 7.07. The summed E-state index contributed by atoms with van der Waals surface area (Å²) < 4.78 is 13.2. The number of alkyl halides is 1. The Morgan fingerprint density at radius 3 is 2.33 bits per heavy atom. The van der Waals surface area contributed by atoms with Crippen molar-refractivity contribution in [3.05, 3.63) is 0 Å². The van der Waals surface area contributed by atoms with Crippen molar-refractivity contribution < 1.29 is 4.39 Å². The molecule has 1 aliphatic heterocycles. The molecule has 72 valence electrons. The molecule has 1 rings (SSSR count). The standard InChI is InChI=1S/C10H20FN/c1-8(2)12-7-5-4-6-10(12)9(3)11/h8-10H,4-7H2,1-3H3/t9?,10-/m0/s1. The summed E-state index contributed by atoms with van der Waals surface area (Å²) in [5, 5.41) is 0. The summed E-state index contributed by atoms with van der Waals surface area (Å²) in [6, 6.07) is 0.673. The summed E-state index contributed by atoms with van der Waals surface area (Å²) in [5.41, 5.74) is 0. The predicted octanol–water partition coefficient (Wildman–Crippen LogP) is 2.61. The highest BCUT2D eigenvalue weighted by Crippen LogP contribution is 2.23. The molecule has 1 unspecified atom stereocenters. The van der Waals surface area contributed by atoms with E-state index in [-0.39, 0.29) is 6.04 Å². The van der Waals surface area contributed by atoms with Gasteiger partial charge in [0.15, 0.2) is 0 Å². The minimum Gasteiger partial charge on any atom is -0.295 e. The molecule has 0 amide bonds. The average molecular weight is 173 g/mol. The Balaban J connectivity index is 2.54. The fraction of sp³-hybridized carbons (Fsp3) is 1.00. The van der Waals surface area contributed by atoms with Gasteiger partial charge in [-0.05, 0) is 40.2 Å². The molecule has 0 aromatic carbocycles. The van der Waals surface area contributed by atoms with Crippen LogP contribution in [0.25, 0.3) is 0 Å². The van der Waals surface area contributed by atoms with Crippen LogP contribution < -0.4 is 0 Å². The molecule has 2 heteroatoms. The Kier molecular flexibility index (Phi) is 3.51. The predicted molar refractivity (Wildman–Crippen MR) is 50.1 cm³/mol. The minimum atomic E-state index is -0.673. The van der Waals surface area contributed by atoms with Crippen LogP contribution in [-0.2, 0) is 0 Å². The zero-order chi connectivity index (χ0) is 9.14. The topological polar surface area (TPSA) is 3.24 Å². The third-order valence-electron chi connectivity index (χ3n) is 2.79. The largest absolute Gasteiger partial charge is 0.295 e. The molecule has 1 heterocycles. The fourth-order valence-corrected chi connectivity index (χ4v) is 2.11. The van der Waals surface area contributed by atoms with E-state index in [0.29, 0.717) is 6.04 Å². The van der Waals surface area contributed by atoms with Crippen LogP contribution in [0.2, 0.25) is 0 Å². The van der Waals surface area contributed by atoms with Gasteiger partial charge in [-0.15, -0.1) is 0 Å². The lowest BCUT2D eigenvalue weighted by atomic mass is 9.97. The monoisotopic (exact) mass is 173 g/mol. The Bertz CT molecular complexity index is 118. The molecule has 0 aliphatic carbocycles. The van der Waals surface area contributed by atoms with Crippen LogP contribution in [0.15, 0.2) is 0 Å². The molecular formula is C10H20FN. The van der Waals surface area contributed by atoms with E-state index in [9.17, 15) is 4.39 Å². The number of rotatable bonds is 2. The smallest absolute Gasteiger partial charge is 0.113 e. The highest BCUT2D eigenvalue weighted by molar-refractivity contribution is 4.82. The molecule has 0 spiro atoms. The number of hydrogen-bond acceptors (Lipinski definition) is 1. The maximum Gasteiger partial charge on any atom is 0.113 e. The van der Waals surface area contributed by atoms with Crippen molar-refractivity contribution in [3.63, 3.8) is 0 Å². The van der Waals surface area contributed by atoms with Gasteiger partial charge in [-0.3, -0.25) is 4.90 Å². The second-order valence-electron chi connectivity index (χ2n) is 4.07. The van der Waals surface area contributed by atoms with Gasteiger partial charge in [0.2, 0.25) is 0 Å². The van der Waals surface area contributed by atoms with Crippen LogP contribution >= 0.6 is 0 Å². The van der Waals surface area contributed by atoms with Crippen molar-refractivity contribution in [2.75, 3.05) is 6.54 Å². The Hall–Kier alpha value is -0.110. The number of halogens is 1. The summed E-state index contributed by atoms with van der Waals surface area (Å²) in [7, 11) is 0. The number of likely N-dealkylation sites (tertiary alicyclic amines) is 1. The lowest BCUT2D eigenvalue weighted by Crippen LogP contribution is -2.47. The second-order valence-corrected chi connectivity index (χ2v) is 4.07. The van der Waals surface area contributed by atoms with Gasteiger partial charge in [-0.25, -0.2) is 4.39 Å². The third-order valence-corrected chi connectivity index (χ3v) is 2.79. The van der Waals surface area contributed by atoms with Gasteiger partial charge in [0.25, 0.3) is 0 Å². The van der Waals surface area contributed by atoms with Gasteiger partial charge in [-0.2, -0.15) is 0 Å². The molecule has 12 heavy (non-hydrogen) atoms. The number of hydrogen-bond donors (Lipinski definition) is 0. The summed E-state index contributed by atoms with van der Waals surface area (Å²) in [4.78, 5) is 2.30. The van der Waals surface area contributed by atoms with E-state index in [4.69, 9.17) is 0 Å². The van der Waals surface area contributed by atoms with E-state index in [1.54, 1.807) is 6.92 Å². The molecule has 0 aromatic rings. The number of nitrogens with zero attached hydrogens (tertiary/aromatic N) is 1. The molecule has 1 aliphatic rings. The molecule has 2 atom stereocenters. The van der Waals surface area contributed by atoms with Crippen LogP contribution in [0.1, 0.15) is 40.0 Å². The molecular weight excluding hydrogens is 153 g/mol. The zero-order valence-electron chi connectivity index (χ0n) is 8.39. The van der Waals surface area contributed by atoms with Crippen molar-refractivity contribution in [3.8, 4) is 0 Å². The summed E-state index contributed by atoms with van der Waals surface area (Å²) in [5.74, 6) is 0. The lowest BCUT2D eigenvalue weighted by Gasteiger charge is -2.39. The quantitative estimate of drug-likeness (QED) is 0.620. The zero-order valence-corrected chi connectivity index (χ0v) is 8.39. The van der Waals surface area contributed by atoms with Crippen molar-refractivity contribution in [1.29, 1.82) is 0 Å². The lowest BCUT2D eigenvalue weighted by molar-refractivity contribution is 0.0584. The Morgan fingerprint density at radius 1 is 1.25 bits per heavy atom. The van der Waals surface area contributed by atoms with Crippen LogP contribution in [0.3, 0.4) is 0 Å². The highest BCUT2D eigenvalue weighted by atomic mass is 19.1. The van der Waals surface area contributed by atoms with Crippen LogP contribution in [0, 0.1) is 0 Å². The van der Waals surface area contributed by atoms with Gasteiger partial charge in [0, 0.05) is 12.1 Å². The normalized spacial score (nSPS) is 29.2. The Morgan fingerprint density at radius 2 is 1.92 bits per heavy atom. The van der Waals surface area contributed by atoms with Gasteiger partial charge in [0.1, 0.15) is 6.17 Å². The van der Waals surface area contributed by atoms with E-state index in [2.05, 4.69) is 18.7 Å². The van der Waals surface area contributed by atoms with Gasteiger partial charge in [-0.1, -0.05) is 6.42 Å². The molecule has 0 aromatic heterocycles. The Labute approximate surface area is 74.9 Å². The van der Waals surface area contributed by atoms with Crippen molar-refractivity contribution in [1.82, 2.24) is 4.90 Å².